The van der Waals surface area contributed by atoms with Gasteiger partial charge in [0, 0.05) is 13.0 Å². The Hall–Kier alpha value is -1.45. The van der Waals surface area contributed by atoms with Crippen LogP contribution >= 0.6 is 0 Å². The minimum atomic E-state index is -1.80. The van der Waals surface area contributed by atoms with Crippen molar-refractivity contribution in [1.29, 1.82) is 0 Å². The summed E-state index contributed by atoms with van der Waals surface area (Å²) in [7, 11) is -1.80. The number of nitrogens with zero attached hydrogens (tertiary/aromatic N) is 3. The first-order chi connectivity index (χ1) is 13.3. The standard InChI is InChI=1S/C20H37N3O5Si/c1-14-12-17(13-15(2)28-14)22-16(3)18(23(24)25)19(21-22)26-10-9-11-27-29(7,8)20(4,5)6/h14-15,17H,9-13H2,1-8H3. The number of hydrogen-bond acceptors (Lipinski definition) is 6. The molecule has 0 saturated carbocycles. The fourth-order valence-corrected chi connectivity index (χ4v) is 4.58. The summed E-state index contributed by atoms with van der Waals surface area (Å²) >= 11 is 0. The largest absolute Gasteiger partial charge is 0.472 e. The molecule has 0 N–H and O–H groups in total. The van der Waals surface area contributed by atoms with Crippen molar-refractivity contribution in [3.63, 3.8) is 0 Å². The van der Waals surface area contributed by atoms with Crippen LogP contribution in [0, 0.1) is 17.0 Å². The molecular formula is C20H37N3O5Si. The van der Waals surface area contributed by atoms with Crippen LogP contribution in [0.25, 0.3) is 0 Å². The SMILES string of the molecule is Cc1c([N+](=O)[O-])c(OCCCO[Si](C)(C)C(C)(C)C)nn1C1CC(C)OC(C)C1. The van der Waals surface area contributed by atoms with Crippen LogP contribution < -0.4 is 4.74 Å². The monoisotopic (exact) mass is 427 g/mol. The molecule has 29 heavy (non-hydrogen) atoms. The maximum atomic E-state index is 11.6. The van der Waals surface area contributed by atoms with E-state index in [9.17, 15) is 10.1 Å². The molecule has 0 spiro atoms. The van der Waals surface area contributed by atoms with Crippen molar-refractivity contribution in [2.24, 2.45) is 0 Å². The number of rotatable bonds is 8. The maximum absolute atomic E-state index is 11.6. The average Bonchev–Trinajstić information content (AvgIpc) is 2.89. The first-order valence-corrected chi connectivity index (χ1v) is 13.4. The maximum Gasteiger partial charge on any atom is 0.352 e. The van der Waals surface area contributed by atoms with Crippen molar-refractivity contribution in [2.45, 2.75) is 97.2 Å². The van der Waals surface area contributed by atoms with Gasteiger partial charge in [0.1, 0.15) is 5.69 Å². The molecule has 0 radical (unpaired) electrons. The van der Waals surface area contributed by atoms with Gasteiger partial charge in [0.05, 0.1) is 29.8 Å². The van der Waals surface area contributed by atoms with Crippen molar-refractivity contribution in [3.05, 3.63) is 15.8 Å². The molecule has 0 bridgehead atoms. The Morgan fingerprint density at radius 3 is 2.34 bits per heavy atom. The summed E-state index contributed by atoms with van der Waals surface area (Å²) in [6.07, 6.45) is 2.43. The van der Waals surface area contributed by atoms with Crippen molar-refractivity contribution in [1.82, 2.24) is 9.78 Å². The number of nitro groups is 1. The first-order valence-electron chi connectivity index (χ1n) is 10.5. The first kappa shape index (κ1) is 23.8. The van der Waals surface area contributed by atoms with Gasteiger partial charge in [-0.05, 0) is 51.7 Å². The molecule has 8 nitrogen and oxygen atoms in total. The summed E-state index contributed by atoms with van der Waals surface area (Å²) in [5, 5.41) is 16.3. The van der Waals surface area contributed by atoms with Crippen LogP contribution in [-0.4, -0.2) is 48.4 Å². The Bertz CT molecular complexity index is 704. The topological polar surface area (TPSA) is 88.7 Å². The van der Waals surface area contributed by atoms with E-state index in [2.05, 4.69) is 39.0 Å². The minimum Gasteiger partial charge on any atom is -0.472 e. The highest BCUT2D eigenvalue weighted by Crippen LogP contribution is 2.37. The van der Waals surface area contributed by atoms with Gasteiger partial charge in [-0.15, -0.1) is 5.10 Å². The van der Waals surface area contributed by atoms with Crippen molar-refractivity contribution in [2.75, 3.05) is 13.2 Å². The van der Waals surface area contributed by atoms with E-state index in [0.717, 1.165) is 12.8 Å². The lowest BCUT2D eigenvalue weighted by molar-refractivity contribution is -0.386. The normalized spacial score (nSPS) is 23.2. The molecule has 2 unspecified atom stereocenters. The minimum absolute atomic E-state index is 0.0397. The van der Waals surface area contributed by atoms with Crippen LogP contribution in [-0.2, 0) is 9.16 Å². The fourth-order valence-electron chi connectivity index (χ4n) is 3.49. The predicted octanol–water partition coefficient (Wildman–Crippen LogP) is 5.02. The van der Waals surface area contributed by atoms with Gasteiger partial charge in [-0.3, -0.25) is 14.8 Å². The van der Waals surface area contributed by atoms with Gasteiger partial charge in [-0.1, -0.05) is 20.8 Å². The predicted molar refractivity (Wildman–Crippen MR) is 115 cm³/mol. The van der Waals surface area contributed by atoms with E-state index in [0.29, 0.717) is 25.3 Å². The molecule has 2 rings (SSSR count). The number of hydrogen-bond donors (Lipinski definition) is 0. The second-order valence-electron chi connectivity index (χ2n) is 9.63. The van der Waals surface area contributed by atoms with Gasteiger partial charge in [0.2, 0.25) is 0 Å². The second kappa shape index (κ2) is 9.14. The van der Waals surface area contributed by atoms with E-state index >= 15 is 0 Å². The number of aromatic nitrogens is 2. The second-order valence-corrected chi connectivity index (χ2v) is 14.4. The molecule has 1 saturated heterocycles. The highest BCUT2D eigenvalue weighted by atomic mass is 28.4. The lowest BCUT2D eigenvalue weighted by atomic mass is 10.00. The van der Waals surface area contributed by atoms with Crippen LogP contribution in [0.2, 0.25) is 18.1 Å². The molecule has 2 heterocycles. The van der Waals surface area contributed by atoms with E-state index in [1.807, 2.05) is 13.8 Å². The highest BCUT2D eigenvalue weighted by Gasteiger charge is 2.37. The Morgan fingerprint density at radius 2 is 1.83 bits per heavy atom. The van der Waals surface area contributed by atoms with Crippen molar-refractivity contribution in [3.8, 4) is 5.88 Å². The molecule has 1 aromatic heterocycles. The third-order valence-electron chi connectivity index (χ3n) is 6.09. The van der Waals surface area contributed by atoms with Gasteiger partial charge in [0.25, 0.3) is 0 Å². The van der Waals surface area contributed by atoms with Crippen molar-refractivity contribution >= 4 is 14.0 Å². The molecule has 1 aliphatic heterocycles. The molecule has 1 fully saturated rings. The lowest BCUT2D eigenvalue weighted by Crippen LogP contribution is -2.41. The summed E-state index contributed by atoms with van der Waals surface area (Å²) in [4.78, 5) is 11.2. The molecule has 0 aliphatic carbocycles. The van der Waals surface area contributed by atoms with E-state index in [-0.39, 0.29) is 34.9 Å². The molecule has 9 heteroatoms. The summed E-state index contributed by atoms with van der Waals surface area (Å²) in [6, 6.07) is 0.0757. The van der Waals surface area contributed by atoms with Gasteiger partial charge in [-0.2, -0.15) is 0 Å². The molecule has 0 amide bonds. The van der Waals surface area contributed by atoms with E-state index in [1.54, 1.807) is 11.6 Å². The lowest BCUT2D eigenvalue weighted by Gasteiger charge is -2.36. The smallest absolute Gasteiger partial charge is 0.352 e. The summed E-state index contributed by atoms with van der Waals surface area (Å²) in [5.74, 6) is 0.103. The summed E-state index contributed by atoms with van der Waals surface area (Å²) in [5.41, 5.74) is 0.496. The van der Waals surface area contributed by atoms with Crippen LogP contribution in [0.3, 0.4) is 0 Å². The van der Waals surface area contributed by atoms with E-state index < -0.39 is 13.2 Å². The van der Waals surface area contributed by atoms with E-state index in [1.165, 1.54) is 0 Å². The molecular weight excluding hydrogens is 390 g/mol. The fraction of sp³-hybridized carbons (Fsp3) is 0.850. The zero-order chi connectivity index (χ0) is 22.0. The van der Waals surface area contributed by atoms with Crippen LogP contribution in [0.15, 0.2) is 0 Å². The van der Waals surface area contributed by atoms with Gasteiger partial charge in [0.15, 0.2) is 8.32 Å². The Kier molecular flexibility index (Phi) is 7.51. The zero-order valence-electron chi connectivity index (χ0n) is 19.2. The summed E-state index contributed by atoms with van der Waals surface area (Å²) in [6.45, 7) is 17.7. The molecule has 2 atom stereocenters. The third-order valence-corrected chi connectivity index (χ3v) is 10.6. The summed E-state index contributed by atoms with van der Waals surface area (Å²) < 4.78 is 19.4. The third kappa shape index (κ3) is 5.79. The van der Waals surface area contributed by atoms with E-state index in [4.69, 9.17) is 13.9 Å². The van der Waals surface area contributed by atoms with Crippen LogP contribution in [0.1, 0.15) is 65.6 Å². The van der Waals surface area contributed by atoms with Gasteiger partial charge < -0.3 is 13.9 Å². The molecule has 0 aromatic carbocycles. The Labute approximate surface area is 175 Å². The Morgan fingerprint density at radius 1 is 1.24 bits per heavy atom. The van der Waals surface area contributed by atoms with Crippen molar-refractivity contribution < 1.29 is 18.8 Å². The molecule has 1 aromatic rings. The molecule has 1 aliphatic rings. The van der Waals surface area contributed by atoms with Gasteiger partial charge in [-0.25, -0.2) is 0 Å². The van der Waals surface area contributed by atoms with Crippen LogP contribution in [0.4, 0.5) is 5.69 Å². The zero-order valence-corrected chi connectivity index (χ0v) is 20.2. The quantitative estimate of drug-likeness (QED) is 0.250. The Balaban J connectivity index is 2.02. The van der Waals surface area contributed by atoms with Gasteiger partial charge >= 0.3 is 11.6 Å². The highest BCUT2D eigenvalue weighted by molar-refractivity contribution is 6.74. The number of ether oxygens (including phenoxy) is 2. The average molecular weight is 428 g/mol. The molecule has 166 valence electrons. The van der Waals surface area contributed by atoms with Crippen LogP contribution in [0.5, 0.6) is 5.88 Å².